The lowest BCUT2D eigenvalue weighted by Gasteiger charge is -2.23. The van der Waals surface area contributed by atoms with E-state index in [0.29, 0.717) is 35.7 Å². The molecule has 0 aromatic heterocycles. The molecule has 0 saturated carbocycles. The van der Waals surface area contributed by atoms with Gasteiger partial charge in [0.15, 0.2) is 5.78 Å². The van der Waals surface area contributed by atoms with Crippen LogP contribution in [0.15, 0.2) is 36.4 Å². The van der Waals surface area contributed by atoms with Crippen molar-refractivity contribution in [2.75, 3.05) is 13.6 Å². The summed E-state index contributed by atoms with van der Waals surface area (Å²) in [5.41, 5.74) is 1.74. The first-order chi connectivity index (χ1) is 19.6. The molecule has 2 aromatic carbocycles. The van der Waals surface area contributed by atoms with Crippen molar-refractivity contribution in [2.24, 2.45) is 10.8 Å². The normalized spacial score (nSPS) is 11.9. The summed E-state index contributed by atoms with van der Waals surface area (Å²) in [5.74, 6) is 0.833. The van der Waals surface area contributed by atoms with Gasteiger partial charge in [0, 0.05) is 16.7 Å². The maximum Gasteiger partial charge on any atom is 0.314 e. The monoisotopic (exact) mass is 582 g/mol. The zero-order valence-corrected chi connectivity index (χ0v) is 26.7. The van der Waals surface area contributed by atoms with Gasteiger partial charge >= 0.3 is 11.9 Å². The second kappa shape index (κ2) is 14.9. The fourth-order valence-electron chi connectivity index (χ4n) is 3.76. The molecule has 0 aliphatic rings. The van der Waals surface area contributed by atoms with Crippen LogP contribution in [0.25, 0.3) is 6.08 Å². The van der Waals surface area contributed by atoms with E-state index in [2.05, 4.69) is 0 Å². The molecule has 0 fully saturated rings. The van der Waals surface area contributed by atoms with Crippen LogP contribution in [0.1, 0.15) is 96.3 Å². The fourth-order valence-corrected chi connectivity index (χ4v) is 3.76. The minimum absolute atomic E-state index is 0.118. The summed E-state index contributed by atoms with van der Waals surface area (Å²) in [6.07, 6.45) is 4.41. The summed E-state index contributed by atoms with van der Waals surface area (Å²) in [7, 11) is 0. The average molecular weight is 583 g/mol. The van der Waals surface area contributed by atoms with E-state index in [1.54, 1.807) is 71.9 Å². The molecule has 0 N–H and O–H groups in total. The highest BCUT2D eigenvalue weighted by Gasteiger charge is 2.25. The van der Waals surface area contributed by atoms with Crippen molar-refractivity contribution in [2.45, 2.75) is 88.2 Å². The molecule has 2 aromatic rings. The van der Waals surface area contributed by atoms with E-state index in [-0.39, 0.29) is 37.4 Å². The van der Waals surface area contributed by atoms with E-state index in [4.69, 9.17) is 23.7 Å². The third-order valence-electron chi connectivity index (χ3n) is 6.11. The summed E-state index contributed by atoms with van der Waals surface area (Å²) >= 11 is 0. The van der Waals surface area contributed by atoms with Crippen LogP contribution in [0.4, 0.5) is 0 Å². The van der Waals surface area contributed by atoms with Crippen LogP contribution >= 0.6 is 0 Å². The van der Waals surface area contributed by atoms with E-state index in [1.807, 2.05) is 33.8 Å². The van der Waals surface area contributed by atoms with Crippen molar-refractivity contribution in [3.63, 3.8) is 0 Å². The maximum atomic E-state index is 13.0. The number of aryl methyl sites for hydroxylation is 1. The van der Waals surface area contributed by atoms with Gasteiger partial charge in [-0.3, -0.25) is 14.4 Å². The largest absolute Gasteiger partial charge is 0.490 e. The van der Waals surface area contributed by atoms with Gasteiger partial charge in [0.1, 0.15) is 17.2 Å². The topological polar surface area (TPSA) is 97.4 Å². The van der Waals surface area contributed by atoms with Gasteiger partial charge in [-0.2, -0.15) is 0 Å². The highest BCUT2D eigenvalue weighted by atomic mass is 16.7. The molecule has 8 nitrogen and oxygen atoms in total. The second-order valence-corrected chi connectivity index (χ2v) is 12.2. The molecule has 0 atom stereocenters. The summed E-state index contributed by atoms with van der Waals surface area (Å²) in [5, 5.41) is 0. The molecule has 0 aliphatic heterocycles. The predicted molar refractivity (Wildman–Crippen MR) is 163 cm³/mol. The molecule has 0 heterocycles. The number of carbonyl (C=O) groups excluding carboxylic acids is 3. The summed E-state index contributed by atoms with van der Waals surface area (Å²) in [6.45, 7) is 18.1. The Kier molecular flexibility index (Phi) is 12.2. The van der Waals surface area contributed by atoms with Gasteiger partial charge in [-0.25, -0.2) is 0 Å². The molecular formula is C34H46O8. The van der Waals surface area contributed by atoms with Crippen molar-refractivity contribution in [1.82, 2.24) is 0 Å². The number of rotatable bonds is 13. The van der Waals surface area contributed by atoms with Gasteiger partial charge in [-0.05, 0) is 116 Å². The Labute approximate surface area is 250 Å². The number of hydrogen-bond acceptors (Lipinski definition) is 8. The van der Waals surface area contributed by atoms with Gasteiger partial charge < -0.3 is 23.7 Å². The number of allylic oxidation sites excluding steroid dienone is 1. The number of ether oxygens (including phenoxy) is 5. The van der Waals surface area contributed by atoms with Crippen molar-refractivity contribution in [1.29, 1.82) is 0 Å². The number of esters is 2. The van der Waals surface area contributed by atoms with E-state index in [1.165, 1.54) is 6.08 Å². The summed E-state index contributed by atoms with van der Waals surface area (Å²) in [6, 6.07) is 8.57. The minimum Gasteiger partial charge on any atom is -0.490 e. The van der Waals surface area contributed by atoms with Crippen molar-refractivity contribution in [3.05, 3.63) is 58.7 Å². The summed E-state index contributed by atoms with van der Waals surface area (Å²) in [4.78, 5) is 37.1. The molecule has 0 bridgehead atoms. The predicted octanol–water partition coefficient (Wildman–Crippen LogP) is 7.35. The lowest BCUT2D eigenvalue weighted by Crippen LogP contribution is -2.25. The Morgan fingerprint density at radius 3 is 1.81 bits per heavy atom. The summed E-state index contributed by atoms with van der Waals surface area (Å²) < 4.78 is 28.2. The van der Waals surface area contributed by atoms with Crippen LogP contribution in [0, 0.1) is 10.8 Å². The van der Waals surface area contributed by atoms with E-state index >= 15 is 0 Å². The Morgan fingerprint density at radius 1 is 0.786 bits per heavy atom. The number of hydrogen-bond donors (Lipinski definition) is 0. The molecule has 0 radical (unpaired) electrons. The molecule has 2 rings (SSSR count). The maximum absolute atomic E-state index is 13.0. The second-order valence-electron chi connectivity index (χ2n) is 12.2. The van der Waals surface area contributed by atoms with Gasteiger partial charge in [0.25, 0.3) is 0 Å². The molecule has 230 valence electrons. The molecule has 0 spiro atoms. The van der Waals surface area contributed by atoms with E-state index in [9.17, 15) is 14.4 Å². The van der Waals surface area contributed by atoms with Crippen LogP contribution in [0.3, 0.4) is 0 Å². The standard InChI is InChI=1S/C34H46O8/c1-11-23-19-25(30(42-22(3)4)27(12-2)29(23)39-21-41-32(37)34(8,9)10)15-18-28(35)24-13-16-26(17-14-24)38-20-40-31(36)33(5,6)7/h13-19,22H,11-12,20-21H2,1-10H3/b18-15+. The van der Waals surface area contributed by atoms with Crippen LogP contribution in [0.2, 0.25) is 0 Å². The SMILES string of the molecule is CCc1cc(/C=C/C(=O)c2ccc(OCOC(=O)C(C)(C)C)cc2)c(OC(C)C)c(CC)c1OCOC(=O)C(C)(C)C. The van der Waals surface area contributed by atoms with Crippen molar-refractivity contribution >= 4 is 23.8 Å². The van der Waals surface area contributed by atoms with E-state index < -0.39 is 10.8 Å². The first-order valence-corrected chi connectivity index (χ1v) is 14.4. The van der Waals surface area contributed by atoms with Crippen LogP contribution in [-0.2, 0) is 31.9 Å². The highest BCUT2D eigenvalue weighted by Crippen LogP contribution is 2.38. The fraction of sp³-hybridized carbons (Fsp3) is 0.500. The molecule has 8 heteroatoms. The molecule has 0 saturated heterocycles. The van der Waals surface area contributed by atoms with Gasteiger partial charge in [-0.15, -0.1) is 0 Å². The Morgan fingerprint density at radius 2 is 1.33 bits per heavy atom. The highest BCUT2D eigenvalue weighted by molar-refractivity contribution is 6.07. The smallest absolute Gasteiger partial charge is 0.314 e. The van der Waals surface area contributed by atoms with Crippen LogP contribution in [-0.4, -0.2) is 37.4 Å². The van der Waals surface area contributed by atoms with Crippen molar-refractivity contribution < 1.29 is 38.1 Å². The molecule has 0 unspecified atom stereocenters. The Balaban J connectivity index is 2.26. The third kappa shape index (κ3) is 9.93. The van der Waals surface area contributed by atoms with Gasteiger partial charge in [-0.1, -0.05) is 13.8 Å². The number of ketones is 1. The van der Waals surface area contributed by atoms with Gasteiger partial charge in [0.2, 0.25) is 13.6 Å². The van der Waals surface area contributed by atoms with Crippen molar-refractivity contribution in [3.8, 4) is 17.2 Å². The van der Waals surface area contributed by atoms with Crippen LogP contribution in [0.5, 0.6) is 17.2 Å². The Hall–Kier alpha value is -3.81. The molecule has 0 aliphatic carbocycles. The number of carbonyl (C=O) groups is 3. The average Bonchev–Trinajstić information content (AvgIpc) is 2.91. The lowest BCUT2D eigenvalue weighted by molar-refractivity contribution is -0.160. The molecule has 42 heavy (non-hydrogen) atoms. The third-order valence-corrected chi connectivity index (χ3v) is 6.11. The van der Waals surface area contributed by atoms with Gasteiger partial charge in [0.05, 0.1) is 16.9 Å². The first kappa shape index (κ1) is 34.4. The molecule has 0 amide bonds. The zero-order chi connectivity index (χ0) is 31.7. The quantitative estimate of drug-likeness (QED) is 0.105. The van der Waals surface area contributed by atoms with Crippen LogP contribution < -0.4 is 14.2 Å². The molecular weight excluding hydrogens is 536 g/mol. The lowest BCUT2D eigenvalue weighted by atomic mass is 9.97. The first-order valence-electron chi connectivity index (χ1n) is 14.4. The van der Waals surface area contributed by atoms with E-state index in [0.717, 1.165) is 16.7 Å². The zero-order valence-electron chi connectivity index (χ0n) is 26.7. The minimum atomic E-state index is -0.633. The Bertz CT molecular complexity index is 1260. The number of benzene rings is 2.